The van der Waals surface area contributed by atoms with Crippen molar-refractivity contribution in [3.05, 3.63) is 0 Å². The molecular weight excluding hydrogens is 246 g/mol. The van der Waals surface area contributed by atoms with Gasteiger partial charge in [0.05, 0.1) is 17.1 Å². The highest BCUT2D eigenvalue weighted by Gasteiger charge is 2.38. The van der Waals surface area contributed by atoms with Crippen LogP contribution in [0.1, 0.15) is 46.0 Å². The van der Waals surface area contributed by atoms with Crippen molar-refractivity contribution in [1.82, 2.24) is 5.32 Å². The van der Waals surface area contributed by atoms with E-state index in [9.17, 15) is 4.21 Å². The van der Waals surface area contributed by atoms with Crippen LogP contribution in [0.5, 0.6) is 0 Å². The maximum Gasteiger partial charge on any atom is 0.0691 e. The molecule has 0 spiro atoms. The maximum absolute atomic E-state index is 12.6. The highest BCUT2D eigenvalue weighted by atomic mass is 32.2. The van der Waals surface area contributed by atoms with Gasteiger partial charge in [0.1, 0.15) is 0 Å². The third kappa shape index (κ3) is 3.55. The average molecular weight is 273 g/mol. The molecule has 0 radical (unpaired) electrons. The van der Waals surface area contributed by atoms with Gasteiger partial charge in [0.15, 0.2) is 0 Å². The molecule has 1 saturated heterocycles. The molecule has 4 heteroatoms. The number of rotatable bonds is 4. The van der Waals surface area contributed by atoms with Gasteiger partial charge in [-0.25, -0.2) is 0 Å². The fourth-order valence-corrected chi connectivity index (χ4v) is 5.36. The second-order valence-electron chi connectivity index (χ2n) is 6.52. The number of hydrogen-bond donors (Lipinski definition) is 1. The Labute approximate surface area is 114 Å². The smallest absolute Gasteiger partial charge is 0.0691 e. The van der Waals surface area contributed by atoms with E-state index >= 15 is 0 Å². The Balaban J connectivity index is 1.96. The lowest BCUT2D eigenvalue weighted by Gasteiger charge is -2.40. The molecule has 4 atom stereocenters. The van der Waals surface area contributed by atoms with E-state index in [-0.39, 0.29) is 6.10 Å². The van der Waals surface area contributed by atoms with Gasteiger partial charge in [-0.1, -0.05) is 13.8 Å². The molecule has 1 N–H and O–H groups in total. The fraction of sp³-hybridized carbons (Fsp3) is 1.00. The second-order valence-corrected chi connectivity index (χ2v) is 8.22. The summed E-state index contributed by atoms with van der Waals surface area (Å²) in [7, 11) is 1.24. The van der Waals surface area contributed by atoms with Crippen LogP contribution in [0.4, 0.5) is 0 Å². The van der Waals surface area contributed by atoms with Gasteiger partial charge >= 0.3 is 0 Å². The van der Waals surface area contributed by atoms with Crippen LogP contribution in [-0.4, -0.2) is 41.0 Å². The molecule has 1 heterocycles. The molecule has 0 aromatic rings. The third-order valence-corrected chi connectivity index (χ3v) is 6.29. The second kappa shape index (κ2) is 6.02. The lowest BCUT2D eigenvalue weighted by Crippen LogP contribution is -2.48. The van der Waals surface area contributed by atoms with Crippen LogP contribution in [0.15, 0.2) is 0 Å². The van der Waals surface area contributed by atoms with Gasteiger partial charge in [-0.3, -0.25) is 4.21 Å². The summed E-state index contributed by atoms with van der Waals surface area (Å²) in [6, 6.07) is 0.417. The van der Waals surface area contributed by atoms with Crippen molar-refractivity contribution in [3.8, 4) is 0 Å². The van der Waals surface area contributed by atoms with Crippen molar-refractivity contribution in [2.75, 3.05) is 19.4 Å². The van der Waals surface area contributed by atoms with Crippen LogP contribution in [0, 0.1) is 5.41 Å². The van der Waals surface area contributed by atoms with Gasteiger partial charge < -0.3 is 10.1 Å². The molecule has 0 bridgehead atoms. The van der Waals surface area contributed by atoms with Gasteiger partial charge in [0.25, 0.3) is 0 Å². The first-order valence-electron chi connectivity index (χ1n) is 7.18. The summed E-state index contributed by atoms with van der Waals surface area (Å²) in [4.78, 5) is 0. The molecule has 1 saturated carbocycles. The topological polar surface area (TPSA) is 38.3 Å². The van der Waals surface area contributed by atoms with E-state index in [0.717, 1.165) is 38.0 Å². The van der Waals surface area contributed by atoms with Crippen molar-refractivity contribution in [3.63, 3.8) is 0 Å². The normalized spacial score (nSPS) is 37.6. The van der Waals surface area contributed by atoms with E-state index in [1.807, 2.05) is 7.05 Å². The van der Waals surface area contributed by atoms with Gasteiger partial charge in [0, 0.05) is 23.4 Å². The van der Waals surface area contributed by atoms with Crippen LogP contribution >= 0.6 is 0 Å². The molecule has 4 unspecified atom stereocenters. The summed E-state index contributed by atoms with van der Waals surface area (Å²) >= 11 is 0. The van der Waals surface area contributed by atoms with Crippen molar-refractivity contribution in [2.45, 2.75) is 63.3 Å². The van der Waals surface area contributed by atoms with E-state index in [4.69, 9.17) is 4.74 Å². The Hall–Kier alpha value is 0.0700. The number of hydrogen-bond acceptors (Lipinski definition) is 3. The zero-order chi connectivity index (χ0) is 13.2. The standard InChI is InChI=1S/C14H27NO2S/c1-14(2)7-6-12(15-3)13(9-14)18(16)10-11-5-4-8-17-11/h11-13,15H,4-10H2,1-3H3. The van der Waals surface area contributed by atoms with Gasteiger partial charge in [-0.05, 0) is 44.6 Å². The molecule has 0 aromatic heterocycles. The Morgan fingerprint density at radius 2 is 2.17 bits per heavy atom. The van der Waals surface area contributed by atoms with Gasteiger partial charge in [-0.2, -0.15) is 0 Å². The van der Waals surface area contributed by atoms with Crippen molar-refractivity contribution in [1.29, 1.82) is 0 Å². The van der Waals surface area contributed by atoms with Crippen LogP contribution in [-0.2, 0) is 15.5 Å². The Morgan fingerprint density at radius 1 is 1.39 bits per heavy atom. The van der Waals surface area contributed by atoms with Gasteiger partial charge in [-0.15, -0.1) is 0 Å². The minimum atomic E-state index is -0.760. The number of ether oxygens (including phenoxy) is 1. The Morgan fingerprint density at radius 3 is 2.78 bits per heavy atom. The molecular formula is C14H27NO2S. The number of nitrogens with one attached hydrogen (secondary N) is 1. The fourth-order valence-electron chi connectivity index (χ4n) is 3.21. The van der Waals surface area contributed by atoms with Crippen LogP contribution in [0.25, 0.3) is 0 Å². The quantitative estimate of drug-likeness (QED) is 0.852. The minimum Gasteiger partial charge on any atom is -0.377 e. The van der Waals surface area contributed by atoms with Crippen molar-refractivity contribution in [2.24, 2.45) is 5.41 Å². The molecule has 2 fully saturated rings. The molecule has 2 rings (SSSR count). The Kier molecular flexibility index (Phi) is 4.84. The molecule has 0 amide bonds. The van der Waals surface area contributed by atoms with Crippen LogP contribution in [0.3, 0.4) is 0 Å². The summed E-state index contributed by atoms with van der Waals surface area (Å²) in [6.45, 7) is 5.46. The van der Waals surface area contributed by atoms with Crippen LogP contribution < -0.4 is 5.32 Å². The lowest BCUT2D eigenvalue weighted by atomic mass is 9.75. The first-order valence-corrected chi connectivity index (χ1v) is 8.56. The third-order valence-electron chi connectivity index (χ3n) is 4.42. The molecule has 1 aliphatic heterocycles. The monoisotopic (exact) mass is 273 g/mol. The molecule has 1 aliphatic carbocycles. The molecule has 2 aliphatic rings. The van der Waals surface area contributed by atoms with Gasteiger partial charge in [0.2, 0.25) is 0 Å². The molecule has 18 heavy (non-hydrogen) atoms. The summed E-state index contributed by atoms with van der Waals surface area (Å²) in [5.74, 6) is 0.735. The van der Waals surface area contributed by atoms with Crippen molar-refractivity contribution < 1.29 is 8.95 Å². The molecule has 0 aromatic carbocycles. The summed E-state index contributed by atoms with van der Waals surface area (Å²) in [5.41, 5.74) is 0.338. The van der Waals surface area contributed by atoms with E-state index in [1.165, 1.54) is 6.42 Å². The first kappa shape index (κ1) is 14.5. The highest BCUT2D eigenvalue weighted by molar-refractivity contribution is 7.85. The summed E-state index contributed by atoms with van der Waals surface area (Å²) < 4.78 is 18.2. The zero-order valence-electron chi connectivity index (χ0n) is 11.9. The Bertz CT molecular complexity index is 300. The van der Waals surface area contributed by atoms with E-state index in [2.05, 4.69) is 19.2 Å². The van der Waals surface area contributed by atoms with Crippen LogP contribution in [0.2, 0.25) is 0 Å². The molecule has 106 valence electrons. The van der Waals surface area contributed by atoms with Crippen molar-refractivity contribution >= 4 is 10.8 Å². The minimum absolute atomic E-state index is 0.244. The van der Waals surface area contributed by atoms with E-state index in [0.29, 0.717) is 16.7 Å². The lowest BCUT2D eigenvalue weighted by molar-refractivity contribution is 0.127. The predicted molar refractivity (Wildman–Crippen MR) is 76.3 cm³/mol. The first-order chi connectivity index (χ1) is 8.52. The SMILES string of the molecule is CNC1CCC(C)(C)CC1S(=O)CC1CCCO1. The highest BCUT2D eigenvalue weighted by Crippen LogP contribution is 2.37. The largest absolute Gasteiger partial charge is 0.377 e. The zero-order valence-corrected chi connectivity index (χ0v) is 12.7. The predicted octanol–water partition coefficient (Wildman–Crippen LogP) is 2.08. The summed E-state index contributed by atoms with van der Waals surface area (Å²) in [6.07, 6.45) is 5.91. The van der Waals surface area contributed by atoms with E-state index < -0.39 is 10.8 Å². The summed E-state index contributed by atoms with van der Waals surface area (Å²) in [5, 5.41) is 3.66. The molecule has 3 nitrogen and oxygen atoms in total. The maximum atomic E-state index is 12.6. The average Bonchev–Trinajstić information content (AvgIpc) is 2.80. The van der Waals surface area contributed by atoms with E-state index in [1.54, 1.807) is 0 Å².